The van der Waals surface area contributed by atoms with Crippen LogP contribution in [0.3, 0.4) is 0 Å². The molecule has 2 rings (SSSR count). The molecule has 102 valence electrons. The van der Waals surface area contributed by atoms with Crippen molar-refractivity contribution in [1.82, 2.24) is 9.78 Å². The Balaban J connectivity index is 2.53. The maximum absolute atomic E-state index is 12.5. The highest BCUT2D eigenvalue weighted by Gasteiger charge is 2.49. The predicted octanol–water partition coefficient (Wildman–Crippen LogP) is 2.39. The van der Waals surface area contributed by atoms with Gasteiger partial charge in [0.25, 0.3) is 0 Å². The minimum Gasteiger partial charge on any atom is -0.604 e. The Kier molecular flexibility index (Phi) is 3.46. The molecule has 0 spiro atoms. The van der Waals surface area contributed by atoms with Gasteiger partial charge in [-0.15, -0.1) is 13.2 Å². The summed E-state index contributed by atoms with van der Waals surface area (Å²) in [6.07, 6.45) is 0. The Morgan fingerprint density at radius 3 is 2.37 bits per heavy atom. The largest absolute Gasteiger partial charge is 0.604 e. The van der Waals surface area contributed by atoms with E-state index in [4.69, 9.17) is 5.73 Å². The third-order valence-electron chi connectivity index (χ3n) is 2.44. The number of nitrogens with two attached hydrogens (primary N) is 1. The fraction of sp³-hybridized carbons (Fsp3) is 0.182. The van der Waals surface area contributed by atoms with E-state index in [1.165, 1.54) is 6.92 Å². The van der Waals surface area contributed by atoms with Crippen molar-refractivity contribution in [3.05, 3.63) is 36.0 Å². The normalized spacial score (nSPS) is 13.5. The topological polar surface area (TPSA) is 66.9 Å². The highest BCUT2D eigenvalue weighted by atomic mass is 32.2. The third kappa shape index (κ3) is 2.54. The molecule has 4 nitrogen and oxygen atoms in total. The lowest BCUT2D eigenvalue weighted by atomic mass is 10.3. The average molecular weight is 289 g/mol. The van der Waals surface area contributed by atoms with Gasteiger partial charge < -0.3 is 10.3 Å². The molecule has 2 N–H and O–H groups in total. The van der Waals surface area contributed by atoms with Gasteiger partial charge in [-0.1, -0.05) is 18.2 Å². The first-order valence-electron chi connectivity index (χ1n) is 5.21. The fourth-order valence-corrected chi connectivity index (χ4v) is 2.46. The standard InChI is InChI=1S/C11H10F3N3OS/c1-7-9(19(18)11(12,13)14)10(15)17(16-7)8-5-3-2-4-6-8/h2-6H,15H2,1H3. The van der Waals surface area contributed by atoms with Crippen molar-refractivity contribution in [2.75, 3.05) is 5.73 Å². The van der Waals surface area contributed by atoms with Gasteiger partial charge in [-0.2, -0.15) is 5.10 Å². The van der Waals surface area contributed by atoms with E-state index in [1.807, 2.05) is 0 Å². The summed E-state index contributed by atoms with van der Waals surface area (Å²) in [7, 11) is 0. The van der Waals surface area contributed by atoms with Crippen LogP contribution in [0.1, 0.15) is 5.69 Å². The van der Waals surface area contributed by atoms with Gasteiger partial charge in [0.15, 0.2) is 5.82 Å². The van der Waals surface area contributed by atoms with Crippen molar-refractivity contribution in [1.29, 1.82) is 0 Å². The van der Waals surface area contributed by atoms with Gasteiger partial charge in [0.05, 0.1) is 5.69 Å². The minimum atomic E-state index is -4.86. The molecule has 0 aliphatic heterocycles. The number of aromatic nitrogens is 2. The third-order valence-corrected chi connectivity index (χ3v) is 3.73. The van der Waals surface area contributed by atoms with Crippen LogP contribution in [0.4, 0.5) is 19.0 Å². The summed E-state index contributed by atoms with van der Waals surface area (Å²) in [6, 6.07) is 8.44. The van der Waals surface area contributed by atoms with E-state index in [-0.39, 0.29) is 11.5 Å². The predicted molar refractivity (Wildman–Crippen MR) is 65.2 cm³/mol. The Hall–Kier alpha value is -1.67. The van der Waals surface area contributed by atoms with Gasteiger partial charge in [0.1, 0.15) is 16.9 Å². The Morgan fingerprint density at radius 2 is 1.84 bits per heavy atom. The number of anilines is 1. The molecule has 0 aliphatic carbocycles. The summed E-state index contributed by atoms with van der Waals surface area (Å²) >= 11 is -3.19. The summed E-state index contributed by atoms with van der Waals surface area (Å²) in [5.74, 6) is -0.264. The molecule has 0 bridgehead atoms. The summed E-state index contributed by atoms with van der Waals surface area (Å²) in [6.45, 7) is 1.34. The van der Waals surface area contributed by atoms with E-state index in [0.717, 1.165) is 4.68 Å². The van der Waals surface area contributed by atoms with Crippen LogP contribution in [0, 0.1) is 6.92 Å². The molecule has 1 aromatic carbocycles. The van der Waals surface area contributed by atoms with Gasteiger partial charge in [0, 0.05) is 0 Å². The van der Waals surface area contributed by atoms with Crippen LogP contribution in [-0.4, -0.2) is 19.8 Å². The number of hydrogen-bond donors (Lipinski definition) is 1. The van der Waals surface area contributed by atoms with Gasteiger partial charge >= 0.3 is 5.51 Å². The molecule has 1 unspecified atom stereocenters. The first kappa shape index (κ1) is 13.8. The summed E-state index contributed by atoms with van der Waals surface area (Å²) in [5.41, 5.74) is 1.29. The average Bonchev–Trinajstić information content (AvgIpc) is 2.64. The van der Waals surface area contributed by atoms with Crippen molar-refractivity contribution in [2.24, 2.45) is 0 Å². The molecule has 8 heteroatoms. The molecule has 1 heterocycles. The lowest BCUT2D eigenvalue weighted by Gasteiger charge is -2.12. The molecule has 0 saturated heterocycles. The van der Waals surface area contributed by atoms with Crippen molar-refractivity contribution in [3.8, 4) is 5.69 Å². The minimum absolute atomic E-state index is 0.00277. The van der Waals surface area contributed by atoms with Crippen molar-refractivity contribution < 1.29 is 17.7 Å². The van der Waals surface area contributed by atoms with Crippen LogP contribution >= 0.6 is 0 Å². The highest BCUT2D eigenvalue weighted by molar-refractivity contribution is 7.92. The molecule has 0 fully saturated rings. The molecule has 0 amide bonds. The van der Waals surface area contributed by atoms with Gasteiger partial charge in [0.2, 0.25) is 4.90 Å². The second-order valence-electron chi connectivity index (χ2n) is 3.76. The maximum Gasteiger partial charge on any atom is 0.578 e. The molecular formula is C11H10F3N3OS. The number of alkyl halides is 3. The second kappa shape index (κ2) is 4.78. The summed E-state index contributed by atoms with van der Waals surface area (Å²) in [4.78, 5) is -0.489. The summed E-state index contributed by atoms with van der Waals surface area (Å²) in [5, 5.41) is 3.91. The van der Waals surface area contributed by atoms with Gasteiger partial charge in [-0.25, -0.2) is 4.68 Å². The fourth-order valence-electron chi connectivity index (χ4n) is 1.64. The number of hydrogen-bond acceptors (Lipinski definition) is 3. The zero-order chi connectivity index (χ0) is 14.2. The van der Waals surface area contributed by atoms with Crippen LogP contribution in [0.25, 0.3) is 5.69 Å². The van der Waals surface area contributed by atoms with Crippen LogP contribution < -0.4 is 5.73 Å². The number of nitrogens with zero attached hydrogens (tertiary/aromatic N) is 2. The van der Waals surface area contributed by atoms with E-state index in [9.17, 15) is 17.7 Å². The SMILES string of the molecule is Cc1nn(-c2ccccc2)c(N)c1[S+]([O-])C(F)(F)F. The van der Waals surface area contributed by atoms with Crippen LogP contribution in [0.15, 0.2) is 35.2 Å². The quantitative estimate of drug-likeness (QED) is 0.863. The van der Waals surface area contributed by atoms with E-state index in [0.29, 0.717) is 5.69 Å². The molecular weight excluding hydrogens is 279 g/mol. The Labute approximate surface area is 110 Å². The lowest BCUT2D eigenvalue weighted by molar-refractivity contribution is -0.0435. The molecule has 0 radical (unpaired) electrons. The van der Waals surface area contributed by atoms with Crippen molar-refractivity contribution >= 4 is 17.0 Å². The van der Waals surface area contributed by atoms with E-state index in [1.54, 1.807) is 30.3 Å². The molecule has 1 aromatic heterocycles. The van der Waals surface area contributed by atoms with Crippen molar-refractivity contribution in [3.63, 3.8) is 0 Å². The number of halogens is 3. The monoisotopic (exact) mass is 289 g/mol. The Morgan fingerprint density at radius 1 is 1.26 bits per heavy atom. The Bertz CT molecular complexity index is 583. The van der Waals surface area contributed by atoms with Gasteiger partial charge in [-0.05, 0) is 19.1 Å². The highest BCUT2D eigenvalue weighted by Crippen LogP contribution is 2.35. The summed E-state index contributed by atoms with van der Waals surface area (Å²) < 4.78 is 50.1. The van der Waals surface area contributed by atoms with E-state index in [2.05, 4.69) is 5.10 Å². The number of nitrogen functional groups attached to an aromatic ring is 1. The molecule has 1 atom stereocenters. The number of rotatable bonds is 2. The number of aryl methyl sites for hydroxylation is 1. The van der Waals surface area contributed by atoms with Gasteiger partial charge in [-0.3, -0.25) is 0 Å². The molecule has 0 saturated carbocycles. The molecule has 19 heavy (non-hydrogen) atoms. The zero-order valence-corrected chi connectivity index (χ0v) is 10.6. The van der Waals surface area contributed by atoms with Crippen LogP contribution in [0.5, 0.6) is 0 Å². The number of benzene rings is 1. The van der Waals surface area contributed by atoms with Crippen LogP contribution in [-0.2, 0) is 11.2 Å². The molecule has 2 aromatic rings. The van der Waals surface area contributed by atoms with Crippen LogP contribution in [0.2, 0.25) is 0 Å². The first-order valence-corrected chi connectivity index (χ1v) is 6.36. The molecule has 0 aliphatic rings. The lowest BCUT2D eigenvalue weighted by Crippen LogP contribution is -2.24. The zero-order valence-electron chi connectivity index (χ0n) is 9.81. The van der Waals surface area contributed by atoms with E-state index < -0.39 is 21.6 Å². The van der Waals surface area contributed by atoms with Crippen molar-refractivity contribution in [2.45, 2.75) is 17.3 Å². The smallest absolute Gasteiger partial charge is 0.578 e. The van der Waals surface area contributed by atoms with E-state index >= 15 is 0 Å². The maximum atomic E-state index is 12.5. The first-order chi connectivity index (χ1) is 8.82. The second-order valence-corrected chi connectivity index (χ2v) is 5.17. The number of para-hydroxylation sites is 1.